The number of amides is 2. The maximum Gasteiger partial charge on any atom is 0.244 e. The maximum absolute atomic E-state index is 13.4. The molecule has 2 rings (SSSR count). The van der Waals surface area contributed by atoms with Crippen molar-refractivity contribution in [1.29, 1.82) is 0 Å². The van der Waals surface area contributed by atoms with Gasteiger partial charge in [-0.05, 0) is 57.9 Å². The first-order chi connectivity index (χ1) is 14.9. The zero-order valence-corrected chi connectivity index (χ0v) is 20.4. The van der Waals surface area contributed by atoms with Gasteiger partial charge in [-0.3, -0.25) is 13.9 Å². The summed E-state index contributed by atoms with van der Waals surface area (Å²) in [6.45, 7) is 8.99. The van der Waals surface area contributed by atoms with Gasteiger partial charge in [0, 0.05) is 12.6 Å². The third-order valence-corrected chi connectivity index (χ3v) is 6.34. The molecule has 0 aliphatic rings. The summed E-state index contributed by atoms with van der Waals surface area (Å²) in [5, 5.41) is 2.84. The Balaban J connectivity index is 2.39. The fraction of sp³-hybridized carbons (Fsp3) is 0.417. The van der Waals surface area contributed by atoms with Crippen LogP contribution >= 0.6 is 0 Å². The van der Waals surface area contributed by atoms with Crippen molar-refractivity contribution >= 4 is 27.5 Å². The van der Waals surface area contributed by atoms with Gasteiger partial charge in [0.2, 0.25) is 21.8 Å². The Morgan fingerprint density at radius 3 is 2.09 bits per heavy atom. The molecule has 1 N–H and O–H groups in total. The van der Waals surface area contributed by atoms with E-state index >= 15 is 0 Å². The molecule has 0 aliphatic carbocycles. The van der Waals surface area contributed by atoms with Crippen LogP contribution in [0, 0.1) is 13.8 Å². The Bertz CT molecular complexity index is 1050. The first-order valence-electron chi connectivity index (χ1n) is 10.6. The second-order valence-electron chi connectivity index (χ2n) is 8.39. The Kier molecular flexibility index (Phi) is 8.44. The minimum absolute atomic E-state index is 0.0829. The second kappa shape index (κ2) is 10.6. The first-order valence-corrected chi connectivity index (χ1v) is 12.4. The molecule has 8 heteroatoms. The lowest BCUT2D eigenvalue weighted by atomic mass is 10.1. The van der Waals surface area contributed by atoms with E-state index in [1.165, 1.54) is 4.90 Å². The van der Waals surface area contributed by atoms with Gasteiger partial charge < -0.3 is 10.2 Å². The number of aryl methyl sites for hydroxylation is 2. The number of carbonyl (C=O) groups excluding carboxylic acids is 2. The molecule has 174 valence electrons. The van der Waals surface area contributed by atoms with E-state index in [1.54, 1.807) is 31.2 Å². The van der Waals surface area contributed by atoms with E-state index in [0.717, 1.165) is 27.3 Å². The standard InChI is InChI=1S/C24H33N3O4S/c1-17(2)25-24(29)20(5)26(15-21-10-8-7-9-19(21)4)23(28)16-27(32(6,30)31)22-13-11-18(3)12-14-22/h7-14,17,20H,15-16H2,1-6H3,(H,25,29)/t20-/m0/s1. The third-order valence-electron chi connectivity index (χ3n) is 5.20. The van der Waals surface area contributed by atoms with Crippen LogP contribution in [-0.4, -0.2) is 50.0 Å². The Labute approximate surface area is 191 Å². The van der Waals surface area contributed by atoms with Crippen LogP contribution in [0.5, 0.6) is 0 Å². The molecule has 0 aliphatic heterocycles. The van der Waals surface area contributed by atoms with Crippen LogP contribution in [0.25, 0.3) is 0 Å². The minimum atomic E-state index is -3.72. The molecule has 2 aromatic carbocycles. The number of benzene rings is 2. The lowest BCUT2D eigenvalue weighted by Crippen LogP contribution is -2.52. The van der Waals surface area contributed by atoms with Crippen LogP contribution < -0.4 is 9.62 Å². The second-order valence-corrected chi connectivity index (χ2v) is 10.3. The highest BCUT2D eigenvalue weighted by atomic mass is 32.2. The fourth-order valence-electron chi connectivity index (χ4n) is 3.28. The Hall–Kier alpha value is -2.87. The van der Waals surface area contributed by atoms with Gasteiger partial charge >= 0.3 is 0 Å². The van der Waals surface area contributed by atoms with E-state index in [1.807, 2.05) is 52.0 Å². The van der Waals surface area contributed by atoms with Crippen LogP contribution in [0.2, 0.25) is 0 Å². The molecular weight excluding hydrogens is 426 g/mol. The monoisotopic (exact) mass is 459 g/mol. The number of nitrogens with zero attached hydrogens (tertiary/aromatic N) is 2. The number of sulfonamides is 1. The number of carbonyl (C=O) groups is 2. The molecule has 0 unspecified atom stereocenters. The summed E-state index contributed by atoms with van der Waals surface area (Å²) in [6.07, 6.45) is 1.07. The maximum atomic E-state index is 13.4. The van der Waals surface area contributed by atoms with E-state index in [-0.39, 0.29) is 18.5 Å². The summed E-state index contributed by atoms with van der Waals surface area (Å²) in [6, 6.07) is 13.7. The fourth-order valence-corrected chi connectivity index (χ4v) is 4.13. The van der Waals surface area contributed by atoms with Crippen LogP contribution in [0.4, 0.5) is 5.69 Å². The molecule has 2 amide bonds. The smallest absolute Gasteiger partial charge is 0.244 e. The molecule has 1 atom stereocenters. The highest BCUT2D eigenvalue weighted by Crippen LogP contribution is 2.20. The molecule has 0 saturated heterocycles. The highest BCUT2D eigenvalue weighted by molar-refractivity contribution is 7.92. The van der Waals surface area contributed by atoms with E-state index < -0.39 is 28.5 Å². The van der Waals surface area contributed by atoms with Gasteiger partial charge in [0.05, 0.1) is 11.9 Å². The number of anilines is 1. The van der Waals surface area contributed by atoms with Gasteiger partial charge in [-0.15, -0.1) is 0 Å². The van der Waals surface area contributed by atoms with Crippen molar-refractivity contribution in [3.63, 3.8) is 0 Å². The zero-order chi connectivity index (χ0) is 24.1. The third kappa shape index (κ3) is 6.82. The summed E-state index contributed by atoms with van der Waals surface area (Å²) < 4.78 is 26.1. The van der Waals surface area contributed by atoms with Gasteiger partial charge in [-0.1, -0.05) is 42.0 Å². The van der Waals surface area contributed by atoms with Crippen molar-refractivity contribution in [2.24, 2.45) is 0 Å². The van der Waals surface area contributed by atoms with Crippen molar-refractivity contribution in [2.45, 2.75) is 53.2 Å². The average Bonchev–Trinajstić information content (AvgIpc) is 2.70. The highest BCUT2D eigenvalue weighted by Gasteiger charge is 2.30. The normalized spacial score (nSPS) is 12.3. The Morgan fingerprint density at radius 1 is 0.969 bits per heavy atom. The SMILES string of the molecule is Cc1ccc(N(CC(=O)N(Cc2ccccc2C)[C@@H](C)C(=O)NC(C)C)S(C)(=O)=O)cc1. The summed E-state index contributed by atoms with van der Waals surface area (Å²) in [4.78, 5) is 27.6. The molecule has 7 nitrogen and oxygen atoms in total. The largest absolute Gasteiger partial charge is 0.352 e. The number of rotatable bonds is 9. The predicted molar refractivity (Wildman–Crippen MR) is 128 cm³/mol. The molecule has 0 spiro atoms. The van der Waals surface area contributed by atoms with Crippen molar-refractivity contribution < 1.29 is 18.0 Å². The average molecular weight is 460 g/mol. The van der Waals surface area contributed by atoms with E-state index in [0.29, 0.717) is 5.69 Å². The summed E-state index contributed by atoms with van der Waals surface area (Å²) in [7, 11) is -3.72. The number of nitrogens with one attached hydrogen (secondary N) is 1. The van der Waals surface area contributed by atoms with Crippen molar-refractivity contribution in [3.05, 3.63) is 65.2 Å². The summed E-state index contributed by atoms with van der Waals surface area (Å²) in [5.41, 5.74) is 3.27. The van der Waals surface area contributed by atoms with E-state index in [4.69, 9.17) is 0 Å². The van der Waals surface area contributed by atoms with Crippen LogP contribution in [-0.2, 0) is 26.2 Å². The molecule has 32 heavy (non-hydrogen) atoms. The van der Waals surface area contributed by atoms with Gasteiger partial charge in [-0.25, -0.2) is 8.42 Å². The van der Waals surface area contributed by atoms with Crippen molar-refractivity contribution in [2.75, 3.05) is 17.1 Å². The lowest BCUT2D eigenvalue weighted by Gasteiger charge is -2.32. The van der Waals surface area contributed by atoms with Gasteiger partial charge in [0.1, 0.15) is 12.6 Å². The van der Waals surface area contributed by atoms with E-state index in [9.17, 15) is 18.0 Å². The van der Waals surface area contributed by atoms with Crippen LogP contribution in [0.3, 0.4) is 0 Å². The number of hydrogen-bond donors (Lipinski definition) is 1. The quantitative estimate of drug-likeness (QED) is 0.625. The summed E-state index contributed by atoms with van der Waals surface area (Å²) >= 11 is 0. The summed E-state index contributed by atoms with van der Waals surface area (Å²) in [5.74, 6) is -0.742. The van der Waals surface area contributed by atoms with Crippen LogP contribution in [0.15, 0.2) is 48.5 Å². The molecule has 0 fully saturated rings. The predicted octanol–water partition coefficient (Wildman–Crippen LogP) is 3.01. The van der Waals surface area contributed by atoms with Gasteiger partial charge in [0.15, 0.2) is 0 Å². The van der Waals surface area contributed by atoms with Crippen LogP contribution in [0.1, 0.15) is 37.5 Å². The molecule has 0 aromatic heterocycles. The van der Waals surface area contributed by atoms with Gasteiger partial charge in [-0.2, -0.15) is 0 Å². The zero-order valence-electron chi connectivity index (χ0n) is 19.6. The van der Waals surface area contributed by atoms with E-state index in [2.05, 4.69) is 5.32 Å². The van der Waals surface area contributed by atoms with Crippen molar-refractivity contribution in [1.82, 2.24) is 10.2 Å². The molecule has 2 aromatic rings. The topological polar surface area (TPSA) is 86.8 Å². The number of hydrogen-bond acceptors (Lipinski definition) is 4. The van der Waals surface area contributed by atoms with Crippen molar-refractivity contribution in [3.8, 4) is 0 Å². The van der Waals surface area contributed by atoms with Gasteiger partial charge in [0.25, 0.3) is 0 Å². The molecular formula is C24H33N3O4S. The first kappa shape index (κ1) is 25.4. The molecule has 0 saturated carbocycles. The molecule has 0 radical (unpaired) electrons. The molecule has 0 heterocycles. The molecule has 0 bridgehead atoms. The lowest BCUT2D eigenvalue weighted by molar-refractivity contribution is -0.139. The minimum Gasteiger partial charge on any atom is -0.352 e. The Morgan fingerprint density at radius 2 is 1.56 bits per heavy atom.